The van der Waals surface area contributed by atoms with Crippen LogP contribution in [-0.4, -0.2) is 21.7 Å². The summed E-state index contributed by atoms with van der Waals surface area (Å²) in [4.78, 5) is 8.75. The highest BCUT2D eigenvalue weighted by atomic mass is 79.9. The van der Waals surface area contributed by atoms with Crippen molar-refractivity contribution in [3.05, 3.63) is 34.2 Å². The molecule has 0 aliphatic rings. The lowest BCUT2D eigenvalue weighted by molar-refractivity contribution is 0.296. The van der Waals surface area contributed by atoms with Crippen LogP contribution in [0, 0.1) is 6.92 Å². The van der Waals surface area contributed by atoms with Crippen molar-refractivity contribution >= 4 is 26.8 Å². The van der Waals surface area contributed by atoms with Crippen molar-refractivity contribution < 1.29 is 5.11 Å². The van der Waals surface area contributed by atoms with E-state index >= 15 is 0 Å². The molecule has 0 saturated carbocycles. The summed E-state index contributed by atoms with van der Waals surface area (Å²) in [6.07, 6.45) is 0.498. The second kappa shape index (κ2) is 4.24. The Kier molecular flexibility index (Phi) is 2.98. The predicted octanol–water partition coefficient (Wildman–Crippen LogP) is 2.24. The number of aromatic nitrogens is 2. The van der Waals surface area contributed by atoms with E-state index in [9.17, 15) is 0 Å². The Morgan fingerprint density at radius 3 is 2.87 bits per heavy atom. The number of benzene rings is 1. The van der Waals surface area contributed by atoms with E-state index in [1.165, 1.54) is 0 Å². The minimum Gasteiger partial charge on any atom is -0.396 e. The van der Waals surface area contributed by atoms with Gasteiger partial charge in [-0.05, 0) is 28.9 Å². The lowest BCUT2D eigenvalue weighted by Gasteiger charge is -2.05. The number of hydrogen-bond acceptors (Lipinski definition) is 3. The zero-order valence-electron chi connectivity index (χ0n) is 8.37. The zero-order chi connectivity index (χ0) is 10.8. The van der Waals surface area contributed by atoms with Crippen LogP contribution in [0.15, 0.2) is 22.7 Å². The Labute approximate surface area is 96.3 Å². The van der Waals surface area contributed by atoms with Crippen molar-refractivity contribution in [3.63, 3.8) is 0 Å². The minimum atomic E-state index is 0.0788. The van der Waals surface area contributed by atoms with Gasteiger partial charge >= 0.3 is 0 Å². The number of rotatable bonds is 2. The summed E-state index contributed by atoms with van der Waals surface area (Å²) in [7, 11) is 0. The minimum absolute atomic E-state index is 0.0788. The largest absolute Gasteiger partial charge is 0.396 e. The van der Waals surface area contributed by atoms with Gasteiger partial charge in [-0.2, -0.15) is 0 Å². The van der Waals surface area contributed by atoms with E-state index in [1.807, 2.05) is 25.1 Å². The van der Waals surface area contributed by atoms with Gasteiger partial charge in [-0.25, -0.2) is 9.97 Å². The molecule has 1 aromatic heterocycles. The standard InChI is InChI=1S/C11H11BrN2O/c1-7-8-3-2-4-9(12)11(8)14-10(13-7)5-6-15/h2-4,15H,5-6H2,1H3. The van der Waals surface area contributed by atoms with Crippen molar-refractivity contribution in [2.24, 2.45) is 0 Å². The molecule has 2 rings (SSSR count). The van der Waals surface area contributed by atoms with Gasteiger partial charge in [0.1, 0.15) is 5.82 Å². The Morgan fingerprint density at radius 2 is 2.13 bits per heavy atom. The van der Waals surface area contributed by atoms with E-state index < -0.39 is 0 Å². The molecule has 0 bridgehead atoms. The van der Waals surface area contributed by atoms with E-state index in [4.69, 9.17) is 5.11 Å². The predicted molar refractivity (Wildman–Crippen MR) is 62.8 cm³/mol. The molecule has 1 N–H and O–H groups in total. The molecule has 4 heteroatoms. The first-order chi connectivity index (χ1) is 7.22. The van der Waals surface area contributed by atoms with Crippen molar-refractivity contribution in [1.82, 2.24) is 9.97 Å². The van der Waals surface area contributed by atoms with E-state index in [2.05, 4.69) is 25.9 Å². The van der Waals surface area contributed by atoms with Crippen LogP contribution in [-0.2, 0) is 6.42 Å². The van der Waals surface area contributed by atoms with Crippen LogP contribution >= 0.6 is 15.9 Å². The highest BCUT2D eigenvalue weighted by Crippen LogP contribution is 2.23. The van der Waals surface area contributed by atoms with Gasteiger partial charge < -0.3 is 5.11 Å². The Bertz CT molecular complexity index is 499. The summed E-state index contributed by atoms with van der Waals surface area (Å²) in [5, 5.41) is 9.91. The van der Waals surface area contributed by atoms with Crippen LogP contribution < -0.4 is 0 Å². The summed E-state index contributed by atoms with van der Waals surface area (Å²) in [6.45, 7) is 2.03. The van der Waals surface area contributed by atoms with Gasteiger partial charge in [0.25, 0.3) is 0 Å². The molecule has 0 fully saturated rings. The molecule has 0 aliphatic heterocycles. The molecular formula is C11H11BrN2O. The molecule has 0 unspecified atom stereocenters. The number of para-hydroxylation sites is 1. The monoisotopic (exact) mass is 266 g/mol. The molecule has 0 aliphatic carbocycles. The van der Waals surface area contributed by atoms with Gasteiger partial charge in [-0.15, -0.1) is 0 Å². The van der Waals surface area contributed by atoms with Crippen molar-refractivity contribution in [2.75, 3.05) is 6.61 Å². The fourth-order valence-corrected chi connectivity index (χ4v) is 2.00. The van der Waals surface area contributed by atoms with Crippen LogP contribution in [0.4, 0.5) is 0 Å². The number of aliphatic hydroxyl groups excluding tert-OH is 1. The van der Waals surface area contributed by atoms with Gasteiger partial charge in [0, 0.05) is 22.0 Å². The summed E-state index contributed by atoms with van der Waals surface area (Å²) in [5.74, 6) is 0.689. The number of nitrogens with zero attached hydrogens (tertiary/aromatic N) is 2. The third kappa shape index (κ3) is 2.01. The number of fused-ring (bicyclic) bond motifs is 1. The van der Waals surface area contributed by atoms with Crippen LogP contribution in [0.1, 0.15) is 11.5 Å². The van der Waals surface area contributed by atoms with E-state index in [0.29, 0.717) is 12.2 Å². The average molecular weight is 267 g/mol. The second-order valence-electron chi connectivity index (χ2n) is 3.33. The highest BCUT2D eigenvalue weighted by molar-refractivity contribution is 9.10. The van der Waals surface area contributed by atoms with Gasteiger partial charge in [-0.3, -0.25) is 0 Å². The molecule has 0 saturated heterocycles. The van der Waals surface area contributed by atoms with Crippen molar-refractivity contribution in [2.45, 2.75) is 13.3 Å². The van der Waals surface area contributed by atoms with Crippen LogP contribution in [0.5, 0.6) is 0 Å². The molecule has 1 heterocycles. The highest BCUT2D eigenvalue weighted by Gasteiger charge is 2.06. The number of aryl methyl sites for hydroxylation is 1. The molecule has 0 atom stereocenters. The molecule has 78 valence electrons. The normalized spacial score (nSPS) is 10.9. The first-order valence-corrected chi connectivity index (χ1v) is 5.54. The Hall–Kier alpha value is -1.00. The van der Waals surface area contributed by atoms with Gasteiger partial charge in [-0.1, -0.05) is 12.1 Å². The lowest BCUT2D eigenvalue weighted by atomic mass is 10.2. The zero-order valence-corrected chi connectivity index (χ0v) is 9.95. The summed E-state index contributed by atoms with van der Waals surface area (Å²) in [5.41, 5.74) is 1.86. The maximum absolute atomic E-state index is 8.86. The maximum atomic E-state index is 8.86. The third-order valence-corrected chi connectivity index (χ3v) is 2.89. The Morgan fingerprint density at radius 1 is 1.33 bits per heavy atom. The Balaban J connectivity index is 2.68. The SMILES string of the molecule is Cc1nc(CCO)nc2c(Br)cccc12. The third-order valence-electron chi connectivity index (χ3n) is 2.25. The molecule has 0 amide bonds. The average Bonchev–Trinajstić information content (AvgIpc) is 2.20. The fourth-order valence-electron chi connectivity index (χ4n) is 1.54. The molecule has 15 heavy (non-hydrogen) atoms. The molecular weight excluding hydrogens is 256 g/mol. The summed E-state index contributed by atoms with van der Waals surface area (Å²) < 4.78 is 0.963. The molecule has 3 nitrogen and oxygen atoms in total. The summed E-state index contributed by atoms with van der Waals surface area (Å²) in [6, 6.07) is 5.92. The number of halogens is 1. The number of hydrogen-bond donors (Lipinski definition) is 1. The van der Waals surface area contributed by atoms with Crippen LogP contribution in [0.25, 0.3) is 10.9 Å². The molecule has 0 spiro atoms. The van der Waals surface area contributed by atoms with Crippen LogP contribution in [0.3, 0.4) is 0 Å². The first-order valence-electron chi connectivity index (χ1n) is 4.75. The van der Waals surface area contributed by atoms with Crippen LogP contribution in [0.2, 0.25) is 0 Å². The molecule has 0 radical (unpaired) electrons. The first kappa shape index (κ1) is 10.5. The molecule has 1 aromatic carbocycles. The second-order valence-corrected chi connectivity index (χ2v) is 4.19. The van der Waals surface area contributed by atoms with Gasteiger partial charge in [0.05, 0.1) is 12.1 Å². The van der Waals surface area contributed by atoms with E-state index in [-0.39, 0.29) is 6.61 Å². The topological polar surface area (TPSA) is 46.0 Å². The van der Waals surface area contributed by atoms with E-state index in [1.54, 1.807) is 0 Å². The van der Waals surface area contributed by atoms with Gasteiger partial charge in [0.15, 0.2) is 0 Å². The number of aliphatic hydroxyl groups is 1. The maximum Gasteiger partial charge on any atom is 0.131 e. The quantitative estimate of drug-likeness (QED) is 0.907. The van der Waals surface area contributed by atoms with Crippen molar-refractivity contribution in [1.29, 1.82) is 0 Å². The smallest absolute Gasteiger partial charge is 0.131 e. The fraction of sp³-hybridized carbons (Fsp3) is 0.273. The summed E-state index contributed by atoms with van der Waals surface area (Å²) >= 11 is 3.46. The van der Waals surface area contributed by atoms with E-state index in [0.717, 1.165) is 21.1 Å². The van der Waals surface area contributed by atoms with Gasteiger partial charge in [0.2, 0.25) is 0 Å². The lowest BCUT2D eigenvalue weighted by Crippen LogP contribution is -2.01. The molecule has 2 aromatic rings. The van der Waals surface area contributed by atoms with Crippen molar-refractivity contribution in [3.8, 4) is 0 Å².